The molecule has 2 heteroatoms. The van der Waals surface area contributed by atoms with Crippen LogP contribution >= 0.6 is 0 Å². The van der Waals surface area contributed by atoms with Gasteiger partial charge in [0.25, 0.3) is 0 Å². The number of aryl methyl sites for hydroxylation is 1. The van der Waals surface area contributed by atoms with Crippen molar-refractivity contribution in [1.82, 2.24) is 9.88 Å². The molecular formula is C37H46N2. The smallest absolute Gasteiger partial charge is 0.0734 e. The van der Waals surface area contributed by atoms with E-state index < -0.39 is 0 Å². The molecule has 0 N–H and O–H groups in total. The van der Waals surface area contributed by atoms with Gasteiger partial charge in [-0.15, -0.1) is 0 Å². The molecule has 3 rings (SSSR count). The molecule has 1 heterocycles. The topological polar surface area (TPSA) is 16.1 Å². The van der Waals surface area contributed by atoms with Crippen LogP contribution in [0.4, 0.5) is 0 Å². The van der Waals surface area contributed by atoms with E-state index in [1.54, 1.807) is 0 Å². The van der Waals surface area contributed by atoms with Crippen molar-refractivity contribution in [3.8, 4) is 0 Å². The number of hydrogen-bond acceptors (Lipinski definition) is 2. The fraction of sp³-hybridized carbons (Fsp3) is 0.324. The fourth-order valence-electron chi connectivity index (χ4n) is 5.11. The first-order valence-corrected chi connectivity index (χ1v) is 14.2. The summed E-state index contributed by atoms with van der Waals surface area (Å²) >= 11 is 0. The summed E-state index contributed by atoms with van der Waals surface area (Å²) in [6.07, 6.45) is 9.82. The second-order valence-electron chi connectivity index (χ2n) is 10.9. The Labute approximate surface area is 237 Å². The van der Waals surface area contributed by atoms with Crippen LogP contribution in [0.25, 0.3) is 16.8 Å². The van der Waals surface area contributed by atoms with E-state index >= 15 is 0 Å². The maximum atomic E-state index is 5.12. The highest BCUT2D eigenvalue weighted by molar-refractivity contribution is 5.84. The van der Waals surface area contributed by atoms with Gasteiger partial charge >= 0.3 is 0 Å². The molecule has 0 bridgehead atoms. The predicted octanol–water partition coefficient (Wildman–Crippen LogP) is 10.1. The monoisotopic (exact) mass is 518 g/mol. The summed E-state index contributed by atoms with van der Waals surface area (Å²) in [5.41, 5.74) is 13.3. The van der Waals surface area contributed by atoms with Gasteiger partial charge in [-0.25, -0.2) is 0 Å². The number of nitrogens with zero attached hydrogens (tertiary/aromatic N) is 2. The summed E-state index contributed by atoms with van der Waals surface area (Å²) in [4.78, 5) is 7.17. The average Bonchev–Trinajstić information content (AvgIpc) is 2.94. The quantitative estimate of drug-likeness (QED) is 0.235. The van der Waals surface area contributed by atoms with E-state index in [0.29, 0.717) is 5.92 Å². The van der Waals surface area contributed by atoms with Crippen molar-refractivity contribution in [2.45, 2.75) is 66.7 Å². The molecule has 39 heavy (non-hydrogen) atoms. The van der Waals surface area contributed by atoms with Crippen LogP contribution in [0, 0.1) is 6.92 Å². The summed E-state index contributed by atoms with van der Waals surface area (Å²) in [6.45, 7) is 17.5. The largest absolute Gasteiger partial charge is 0.378 e. The molecule has 204 valence electrons. The number of pyridine rings is 1. The molecule has 1 unspecified atom stereocenters. The van der Waals surface area contributed by atoms with E-state index in [-0.39, 0.29) is 0 Å². The first kappa shape index (κ1) is 29.9. The highest BCUT2D eigenvalue weighted by Crippen LogP contribution is 2.33. The SMILES string of the molecule is C=C(c1ccc(/C(=C/CC(C)c2ccccc2)c2ncc(C(/C(C)=C\C)=C(\C)CCC)cc2C)cc1)N(C)C. The van der Waals surface area contributed by atoms with Crippen LogP contribution in [-0.2, 0) is 0 Å². The highest BCUT2D eigenvalue weighted by atomic mass is 15.1. The number of allylic oxidation sites excluding steroid dienone is 5. The summed E-state index contributed by atoms with van der Waals surface area (Å²) in [5, 5.41) is 0. The van der Waals surface area contributed by atoms with Crippen molar-refractivity contribution in [3.05, 3.63) is 130 Å². The maximum absolute atomic E-state index is 5.12. The summed E-state index contributed by atoms with van der Waals surface area (Å²) in [7, 11) is 4.06. The molecule has 0 fully saturated rings. The van der Waals surface area contributed by atoms with Crippen LogP contribution < -0.4 is 0 Å². The Kier molecular flexibility index (Phi) is 10.7. The molecule has 3 aromatic rings. The molecule has 0 saturated carbocycles. The minimum atomic E-state index is 0.414. The predicted molar refractivity (Wildman–Crippen MR) is 172 cm³/mol. The van der Waals surface area contributed by atoms with E-state index in [2.05, 4.69) is 132 Å². The van der Waals surface area contributed by atoms with Gasteiger partial charge in [-0.05, 0) is 85.9 Å². The van der Waals surface area contributed by atoms with Crippen molar-refractivity contribution in [2.75, 3.05) is 14.1 Å². The minimum Gasteiger partial charge on any atom is -0.378 e. The Bertz CT molecular complexity index is 1350. The van der Waals surface area contributed by atoms with E-state index in [4.69, 9.17) is 4.98 Å². The zero-order valence-electron chi connectivity index (χ0n) is 25.3. The van der Waals surface area contributed by atoms with Gasteiger partial charge in [-0.1, -0.05) is 99.2 Å². The summed E-state index contributed by atoms with van der Waals surface area (Å²) in [6, 6.07) is 21.8. The zero-order chi connectivity index (χ0) is 28.5. The molecule has 0 saturated heterocycles. The number of aromatic nitrogens is 1. The van der Waals surface area contributed by atoms with Gasteiger partial charge in [-0.2, -0.15) is 0 Å². The third kappa shape index (κ3) is 7.47. The molecule has 0 spiro atoms. The normalized spacial score (nSPS) is 13.6. The zero-order valence-corrected chi connectivity index (χ0v) is 25.3. The van der Waals surface area contributed by atoms with Crippen LogP contribution in [0.3, 0.4) is 0 Å². The van der Waals surface area contributed by atoms with Gasteiger partial charge in [0.05, 0.1) is 5.69 Å². The first-order valence-electron chi connectivity index (χ1n) is 14.2. The summed E-state index contributed by atoms with van der Waals surface area (Å²) < 4.78 is 0. The second-order valence-corrected chi connectivity index (χ2v) is 10.9. The lowest BCUT2D eigenvalue weighted by Crippen LogP contribution is -2.08. The molecule has 0 aliphatic rings. The first-order chi connectivity index (χ1) is 18.7. The molecule has 1 atom stereocenters. The molecule has 2 nitrogen and oxygen atoms in total. The van der Waals surface area contributed by atoms with E-state index in [0.717, 1.165) is 36.2 Å². The van der Waals surface area contributed by atoms with E-state index in [1.165, 1.54) is 44.5 Å². The van der Waals surface area contributed by atoms with Crippen molar-refractivity contribution in [1.29, 1.82) is 0 Å². The third-order valence-corrected chi connectivity index (χ3v) is 7.61. The van der Waals surface area contributed by atoms with Crippen LogP contribution in [0.15, 0.2) is 96.7 Å². The Morgan fingerprint density at radius 1 is 0.974 bits per heavy atom. The molecule has 0 amide bonds. The van der Waals surface area contributed by atoms with Gasteiger partial charge in [-0.3, -0.25) is 4.98 Å². The maximum Gasteiger partial charge on any atom is 0.0734 e. The van der Waals surface area contributed by atoms with Crippen molar-refractivity contribution < 1.29 is 0 Å². The van der Waals surface area contributed by atoms with Crippen molar-refractivity contribution >= 4 is 16.8 Å². The molecule has 1 aromatic heterocycles. The van der Waals surface area contributed by atoms with Crippen LogP contribution in [0.2, 0.25) is 0 Å². The van der Waals surface area contributed by atoms with Gasteiger partial charge in [0.15, 0.2) is 0 Å². The van der Waals surface area contributed by atoms with E-state index in [1.807, 2.05) is 14.1 Å². The lowest BCUT2D eigenvalue weighted by molar-refractivity contribution is 0.593. The third-order valence-electron chi connectivity index (χ3n) is 7.61. The number of benzene rings is 2. The van der Waals surface area contributed by atoms with Crippen LogP contribution in [0.1, 0.15) is 93.3 Å². The number of rotatable bonds is 11. The van der Waals surface area contributed by atoms with Gasteiger partial charge in [0, 0.05) is 37.1 Å². The molecule has 0 aliphatic heterocycles. The number of hydrogen-bond donors (Lipinski definition) is 0. The Morgan fingerprint density at radius 3 is 2.18 bits per heavy atom. The molecule has 0 radical (unpaired) electrons. The van der Waals surface area contributed by atoms with Gasteiger partial charge in [0.2, 0.25) is 0 Å². The summed E-state index contributed by atoms with van der Waals surface area (Å²) in [5.74, 6) is 0.414. The average molecular weight is 519 g/mol. The minimum absolute atomic E-state index is 0.414. The fourth-order valence-corrected chi connectivity index (χ4v) is 5.11. The van der Waals surface area contributed by atoms with Crippen LogP contribution in [0.5, 0.6) is 0 Å². The van der Waals surface area contributed by atoms with Crippen molar-refractivity contribution in [2.24, 2.45) is 0 Å². The Morgan fingerprint density at radius 2 is 1.62 bits per heavy atom. The lowest BCUT2D eigenvalue weighted by atomic mass is 9.90. The molecular weight excluding hydrogens is 472 g/mol. The van der Waals surface area contributed by atoms with Crippen molar-refractivity contribution in [3.63, 3.8) is 0 Å². The van der Waals surface area contributed by atoms with Gasteiger partial charge in [0.1, 0.15) is 0 Å². The molecule has 0 aliphatic carbocycles. The second kappa shape index (κ2) is 13.9. The molecule has 2 aromatic carbocycles. The van der Waals surface area contributed by atoms with Gasteiger partial charge < -0.3 is 4.90 Å². The lowest BCUT2D eigenvalue weighted by Gasteiger charge is -2.18. The Hall–Kier alpha value is -3.65. The standard InChI is InChI=1S/C37H46N2/c1-10-15-28(5)36(26(3)11-2)34-24-29(6)37(38-25-34)35(23-18-27(4)31-16-13-12-14-17-31)33-21-19-32(20-22-33)30(7)39(8)9/h11-14,16-17,19-25,27H,7,10,15,18H2,1-6,8-9H3/b26-11-,35-23-,36-28+. The van der Waals surface area contributed by atoms with Crippen LogP contribution in [-0.4, -0.2) is 24.0 Å². The Balaban J connectivity index is 2.09. The van der Waals surface area contributed by atoms with E-state index in [9.17, 15) is 0 Å². The highest BCUT2D eigenvalue weighted by Gasteiger charge is 2.15.